The molecule has 0 aliphatic heterocycles. The Labute approximate surface area is 107 Å². The van der Waals surface area contributed by atoms with Crippen molar-refractivity contribution in [3.8, 4) is 35.8 Å². The summed E-state index contributed by atoms with van der Waals surface area (Å²) in [6.45, 7) is 0. The van der Waals surface area contributed by atoms with Gasteiger partial charge < -0.3 is 4.90 Å². The zero-order chi connectivity index (χ0) is 13.2. The van der Waals surface area contributed by atoms with Gasteiger partial charge in [0.15, 0.2) is 6.07 Å². The van der Waals surface area contributed by atoms with Crippen LogP contribution in [0.5, 0.6) is 0 Å². The van der Waals surface area contributed by atoms with E-state index in [0.29, 0.717) is 5.70 Å². The van der Waals surface area contributed by atoms with Gasteiger partial charge in [0.05, 0.1) is 0 Å². The lowest BCUT2D eigenvalue weighted by atomic mass is 10.2. The molecule has 0 unspecified atom stereocenters. The number of allylic oxidation sites excluding steroid dienone is 2. The molecule has 0 aliphatic carbocycles. The lowest BCUT2D eigenvalue weighted by molar-refractivity contribution is 1.14. The van der Waals surface area contributed by atoms with Crippen molar-refractivity contribution in [3.05, 3.63) is 42.1 Å². The summed E-state index contributed by atoms with van der Waals surface area (Å²) in [5, 5.41) is 17.2. The third-order valence-electron chi connectivity index (χ3n) is 2.08. The standard InChI is InChI=1S/C15H9N3/c1-18(14-9-6-4-7-10-14)15(13-17)11-5-2-3-8-12-16/h4,6-7,9-11H,1H3/b15-11+. The maximum atomic E-state index is 9.04. The van der Waals surface area contributed by atoms with Crippen LogP contribution < -0.4 is 4.90 Å². The van der Waals surface area contributed by atoms with Crippen molar-refractivity contribution in [2.75, 3.05) is 11.9 Å². The highest BCUT2D eigenvalue weighted by atomic mass is 15.1. The molecule has 1 rings (SSSR count). The Morgan fingerprint density at radius 2 is 1.83 bits per heavy atom. The molecule has 1 aromatic rings. The van der Waals surface area contributed by atoms with Gasteiger partial charge in [0.1, 0.15) is 11.8 Å². The predicted molar refractivity (Wildman–Crippen MR) is 69.7 cm³/mol. The molecular formula is C15H9N3. The van der Waals surface area contributed by atoms with Crippen LogP contribution in [0.2, 0.25) is 0 Å². The summed E-state index contributed by atoms with van der Waals surface area (Å²) < 4.78 is 0. The van der Waals surface area contributed by atoms with E-state index >= 15 is 0 Å². The Hall–Kier alpha value is -3.14. The van der Waals surface area contributed by atoms with E-state index in [0.717, 1.165) is 5.69 Å². The molecule has 0 saturated carbocycles. The summed E-state index contributed by atoms with van der Waals surface area (Å²) in [5.41, 5.74) is 1.31. The molecule has 0 saturated heterocycles. The van der Waals surface area contributed by atoms with Gasteiger partial charge >= 0.3 is 0 Å². The van der Waals surface area contributed by atoms with Crippen molar-refractivity contribution >= 4 is 5.69 Å². The SMILES string of the molecule is CN(/C(C#N)=C/C#CC#CC#N)c1ccccc1. The highest BCUT2D eigenvalue weighted by Crippen LogP contribution is 2.15. The van der Waals surface area contributed by atoms with Gasteiger partial charge in [-0.25, -0.2) is 0 Å². The first-order chi connectivity index (χ1) is 8.79. The minimum Gasteiger partial charge on any atom is -0.335 e. The van der Waals surface area contributed by atoms with Gasteiger partial charge in [0.2, 0.25) is 0 Å². The number of hydrogen-bond acceptors (Lipinski definition) is 3. The Balaban J connectivity index is 2.91. The van der Waals surface area contributed by atoms with Gasteiger partial charge in [-0.05, 0) is 18.1 Å². The van der Waals surface area contributed by atoms with Crippen molar-refractivity contribution in [1.82, 2.24) is 0 Å². The quantitative estimate of drug-likeness (QED) is 0.578. The molecule has 0 N–H and O–H groups in total. The van der Waals surface area contributed by atoms with Crippen molar-refractivity contribution in [2.45, 2.75) is 0 Å². The molecule has 0 amide bonds. The summed E-state index contributed by atoms with van der Waals surface area (Å²) in [5.74, 6) is 9.60. The lowest BCUT2D eigenvalue weighted by Gasteiger charge is -2.16. The molecule has 0 atom stereocenters. The summed E-state index contributed by atoms with van der Waals surface area (Å²) >= 11 is 0. The Morgan fingerprint density at radius 3 is 2.44 bits per heavy atom. The summed E-state index contributed by atoms with van der Waals surface area (Å²) in [6.07, 6.45) is 1.47. The Morgan fingerprint density at radius 1 is 1.11 bits per heavy atom. The number of rotatable bonds is 2. The van der Waals surface area contributed by atoms with Gasteiger partial charge in [-0.1, -0.05) is 24.1 Å². The smallest absolute Gasteiger partial charge is 0.153 e. The number of nitrogens with zero attached hydrogens (tertiary/aromatic N) is 3. The van der Waals surface area contributed by atoms with Crippen LogP contribution >= 0.6 is 0 Å². The second-order valence-corrected chi connectivity index (χ2v) is 3.17. The van der Waals surface area contributed by atoms with E-state index in [9.17, 15) is 0 Å². The van der Waals surface area contributed by atoms with E-state index in [1.807, 2.05) is 30.3 Å². The number of nitriles is 2. The van der Waals surface area contributed by atoms with Gasteiger partial charge in [-0.3, -0.25) is 0 Å². The van der Waals surface area contributed by atoms with Crippen LogP contribution in [0.25, 0.3) is 0 Å². The molecule has 0 bridgehead atoms. The number of para-hydroxylation sites is 1. The third-order valence-corrected chi connectivity index (χ3v) is 2.08. The van der Waals surface area contributed by atoms with Crippen LogP contribution in [0.15, 0.2) is 42.1 Å². The maximum Gasteiger partial charge on any atom is 0.153 e. The molecule has 0 heterocycles. The van der Waals surface area contributed by atoms with Gasteiger partial charge in [-0.15, -0.1) is 0 Å². The van der Waals surface area contributed by atoms with Gasteiger partial charge in [0.25, 0.3) is 0 Å². The average molecular weight is 231 g/mol. The highest BCUT2D eigenvalue weighted by Gasteiger charge is 2.04. The predicted octanol–water partition coefficient (Wildman–Crippen LogP) is 2.06. The molecule has 1 aromatic carbocycles. The van der Waals surface area contributed by atoms with Crippen LogP contribution in [-0.2, 0) is 0 Å². The first-order valence-electron chi connectivity index (χ1n) is 5.08. The van der Waals surface area contributed by atoms with Gasteiger partial charge in [-0.2, -0.15) is 10.5 Å². The topological polar surface area (TPSA) is 50.8 Å². The van der Waals surface area contributed by atoms with Crippen molar-refractivity contribution in [1.29, 1.82) is 10.5 Å². The molecule has 0 radical (unpaired) electrons. The molecule has 3 nitrogen and oxygen atoms in total. The summed E-state index contributed by atoms with van der Waals surface area (Å²) in [4.78, 5) is 1.73. The average Bonchev–Trinajstić information content (AvgIpc) is 2.43. The molecule has 3 heteroatoms. The molecule has 0 aromatic heterocycles. The van der Waals surface area contributed by atoms with E-state index in [-0.39, 0.29) is 0 Å². The molecule has 0 aliphatic rings. The largest absolute Gasteiger partial charge is 0.335 e. The Bertz CT molecular complexity index is 635. The minimum absolute atomic E-state index is 0.410. The monoisotopic (exact) mass is 231 g/mol. The van der Waals surface area contributed by atoms with Crippen molar-refractivity contribution in [3.63, 3.8) is 0 Å². The van der Waals surface area contributed by atoms with Crippen molar-refractivity contribution in [2.24, 2.45) is 0 Å². The van der Waals surface area contributed by atoms with E-state index in [1.165, 1.54) is 6.08 Å². The number of hydrogen-bond donors (Lipinski definition) is 0. The van der Waals surface area contributed by atoms with E-state index < -0.39 is 0 Å². The maximum absolute atomic E-state index is 9.04. The lowest BCUT2D eigenvalue weighted by Crippen LogP contribution is -2.14. The van der Waals surface area contributed by atoms with Crippen LogP contribution in [-0.4, -0.2) is 7.05 Å². The zero-order valence-electron chi connectivity index (χ0n) is 9.81. The van der Waals surface area contributed by atoms with Crippen LogP contribution in [0, 0.1) is 46.3 Å². The highest BCUT2D eigenvalue weighted by molar-refractivity contribution is 5.55. The van der Waals surface area contributed by atoms with E-state index in [2.05, 4.69) is 29.8 Å². The van der Waals surface area contributed by atoms with E-state index in [4.69, 9.17) is 10.5 Å². The van der Waals surface area contributed by atoms with Gasteiger partial charge in [0, 0.05) is 30.7 Å². The fourth-order valence-corrected chi connectivity index (χ4v) is 1.19. The zero-order valence-corrected chi connectivity index (χ0v) is 9.81. The van der Waals surface area contributed by atoms with Crippen molar-refractivity contribution < 1.29 is 0 Å². The molecule has 84 valence electrons. The first kappa shape index (κ1) is 12.9. The fraction of sp³-hybridized carbons (Fsp3) is 0.0667. The molecule has 0 spiro atoms. The summed E-state index contributed by atoms with van der Waals surface area (Å²) in [6, 6.07) is 13.2. The van der Waals surface area contributed by atoms with E-state index in [1.54, 1.807) is 18.0 Å². The first-order valence-corrected chi connectivity index (χ1v) is 5.08. The number of anilines is 1. The molecule has 18 heavy (non-hydrogen) atoms. The normalized spacial score (nSPS) is 8.72. The van der Waals surface area contributed by atoms with Crippen LogP contribution in [0.1, 0.15) is 0 Å². The second kappa shape index (κ2) is 7.19. The third kappa shape index (κ3) is 3.79. The van der Waals surface area contributed by atoms with Crippen LogP contribution in [0.4, 0.5) is 5.69 Å². The second-order valence-electron chi connectivity index (χ2n) is 3.17. The molecular weight excluding hydrogens is 222 g/mol. The molecule has 0 fully saturated rings. The number of benzene rings is 1. The van der Waals surface area contributed by atoms with Crippen LogP contribution in [0.3, 0.4) is 0 Å². The fourth-order valence-electron chi connectivity index (χ4n) is 1.19. The minimum atomic E-state index is 0.410. The summed E-state index contributed by atoms with van der Waals surface area (Å²) in [7, 11) is 1.78. The Kier molecular flexibility index (Phi) is 5.16.